The fraction of sp³-hybridized carbons (Fsp3) is 0.0588. The topological polar surface area (TPSA) is 64.2 Å². The highest BCUT2D eigenvalue weighted by Gasteiger charge is 2.14. The number of benzene rings is 1. The van der Waals surface area contributed by atoms with Crippen molar-refractivity contribution in [1.29, 1.82) is 0 Å². The van der Waals surface area contributed by atoms with E-state index in [4.69, 9.17) is 4.42 Å². The standard InChI is InChI=1S/C17H13FN2O3/c1-20-10-2-3-13(17(20)22)19-16(21)15-9-8-14(23-15)11-4-6-12(18)7-5-11/h2-10H,1H3,(H,19,21). The van der Waals surface area contributed by atoms with Gasteiger partial charge in [0.1, 0.15) is 17.3 Å². The molecule has 3 rings (SSSR count). The Labute approximate surface area is 131 Å². The second-order valence-corrected chi connectivity index (χ2v) is 4.96. The number of hydrogen-bond acceptors (Lipinski definition) is 3. The zero-order chi connectivity index (χ0) is 16.4. The van der Waals surface area contributed by atoms with Crippen LogP contribution in [0.5, 0.6) is 0 Å². The van der Waals surface area contributed by atoms with Crippen molar-refractivity contribution in [1.82, 2.24) is 4.57 Å². The van der Waals surface area contributed by atoms with Crippen molar-refractivity contribution in [2.24, 2.45) is 7.05 Å². The van der Waals surface area contributed by atoms with E-state index in [1.54, 1.807) is 37.5 Å². The number of aryl methyl sites for hydroxylation is 1. The highest BCUT2D eigenvalue weighted by Crippen LogP contribution is 2.22. The largest absolute Gasteiger partial charge is 0.451 e. The normalized spacial score (nSPS) is 10.5. The Morgan fingerprint density at radius 1 is 1.13 bits per heavy atom. The number of halogens is 1. The first-order chi connectivity index (χ1) is 11.0. The maximum Gasteiger partial charge on any atom is 0.291 e. The summed E-state index contributed by atoms with van der Waals surface area (Å²) in [7, 11) is 1.59. The molecular weight excluding hydrogens is 299 g/mol. The number of carbonyl (C=O) groups excluding carboxylic acids is 1. The van der Waals surface area contributed by atoms with Crippen LogP contribution in [0.2, 0.25) is 0 Å². The van der Waals surface area contributed by atoms with Gasteiger partial charge in [-0.2, -0.15) is 0 Å². The SMILES string of the molecule is Cn1cccc(NC(=O)c2ccc(-c3ccc(F)cc3)o2)c1=O. The van der Waals surface area contributed by atoms with E-state index in [0.717, 1.165) is 0 Å². The number of furan rings is 1. The lowest BCUT2D eigenvalue weighted by molar-refractivity contribution is 0.0997. The average molecular weight is 312 g/mol. The first-order valence-electron chi connectivity index (χ1n) is 6.87. The molecule has 23 heavy (non-hydrogen) atoms. The Balaban J connectivity index is 1.82. The fourth-order valence-electron chi connectivity index (χ4n) is 2.11. The van der Waals surface area contributed by atoms with Gasteiger partial charge in [0.05, 0.1) is 0 Å². The highest BCUT2D eigenvalue weighted by atomic mass is 19.1. The van der Waals surface area contributed by atoms with Gasteiger partial charge in [-0.05, 0) is 48.5 Å². The molecular formula is C17H13FN2O3. The third kappa shape index (κ3) is 3.06. The maximum atomic E-state index is 12.9. The molecule has 1 amide bonds. The summed E-state index contributed by atoms with van der Waals surface area (Å²) in [5, 5.41) is 2.52. The van der Waals surface area contributed by atoms with Crippen molar-refractivity contribution in [3.05, 3.63) is 76.7 Å². The smallest absolute Gasteiger partial charge is 0.291 e. The quantitative estimate of drug-likeness (QED) is 0.808. The number of pyridine rings is 1. The molecule has 0 radical (unpaired) electrons. The van der Waals surface area contributed by atoms with E-state index in [0.29, 0.717) is 11.3 Å². The molecule has 0 aliphatic heterocycles. The maximum absolute atomic E-state index is 12.9. The van der Waals surface area contributed by atoms with Gasteiger partial charge in [0.2, 0.25) is 0 Å². The second-order valence-electron chi connectivity index (χ2n) is 4.96. The number of anilines is 1. The van der Waals surface area contributed by atoms with Crippen LogP contribution < -0.4 is 10.9 Å². The third-order valence-corrected chi connectivity index (χ3v) is 3.33. The lowest BCUT2D eigenvalue weighted by Crippen LogP contribution is -2.23. The number of nitrogens with zero attached hydrogens (tertiary/aromatic N) is 1. The second kappa shape index (κ2) is 5.92. The molecule has 0 saturated heterocycles. The minimum atomic E-state index is -0.526. The number of aromatic nitrogens is 1. The van der Waals surface area contributed by atoms with Crippen LogP contribution >= 0.6 is 0 Å². The summed E-state index contributed by atoms with van der Waals surface area (Å²) in [5.74, 6) is -0.369. The van der Waals surface area contributed by atoms with E-state index in [9.17, 15) is 14.0 Å². The Morgan fingerprint density at radius 2 is 1.87 bits per heavy atom. The Kier molecular flexibility index (Phi) is 3.80. The molecule has 2 heterocycles. The van der Waals surface area contributed by atoms with Crippen molar-refractivity contribution >= 4 is 11.6 Å². The number of carbonyl (C=O) groups is 1. The number of amides is 1. The van der Waals surface area contributed by atoms with Crippen molar-refractivity contribution < 1.29 is 13.6 Å². The van der Waals surface area contributed by atoms with Gasteiger partial charge < -0.3 is 14.3 Å². The molecule has 1 N–H and O–H groups in total. The molecule has 0 spiro atoms. The first-order valence-corrected chi connectivity index (χ1v) is 6.87. The fourth-order valence-corrected chi connectivity index (χ4v) is 2.11. The van der Waals surface area contributed by atoms with Crippen molar-refractivity contribution in [2.75, 3.05) is 5.32 Å². The van der Waals surface area contributed by atoms with Crippen LogP contribution in [-0.2, 0) is 7.05 Å². The Hall–Kier alpha value is -3.15. The minimum Gasteiger partial charge on any atom is -0.451 e. The molecule has 0 unspecified atom stereocenters. The molecule has 5 nitrogen and oxygen atoms in total. The number of hydrogen-bond donors (Lipinski definition) is 1. The monoisotopic (exact) mass is 312 g/mol. The lowest BCUT2D eigenvalue weighted by Gasteiger charge is -2.04. The van der Waals surface area contributed by atoms with Gasteiger partial charge in [-0.15, -0.1) is 0 Å². The van der Waals surface area contributed by atoms with Gasteiger partial charge in [0.25, 0.3) is 11.5 Å². The van der Waals surface area contributed by atoms with Crippen LogP contribution in [0.15, 0.2) is 63.9 Å². The van der Waals surface area contributed by atoms with E-state index < -0.39 is 5.91 Å². The molecule has 1 aromatic carbocycles. The van der Waals surface area contributed by atoms with E-state index in [-0.39, 0.29) is 22.8 Å². The first kappa shape index (κ1) is 14.8. The summed E-state index contributed by atoms with van der Waals surface area (Å²) in [6.07, 6.45) is 1.59. The summed E-state index contributed by atoms with van der Waals surface area (Å²) >= 11 is 0. The molecule has 116 valence electrons. The van der Waals surface area contributed by atoms with Crippen molar-refractivity contribution in [2.45, 2.75) is 0 Å². The van der Waals surface area contributed by atoms with E-state index in [1.807, 2.05) is 0 Å². The molecule has 0 fully saturated rings. The molecule has 0 aliphatic carbocycles. The Morgan fingerprint density at radius 3 is 2.61 bits per heavy atom. The van der Waals surface area contributed by atoms with Crippen LogP contribution in [0.3, 0.4) is 0 Å². The van der Waals surface area contributed by atoms with Gasteiger partial charge in [0.15, 0.2) is 5.76 Å². The summed E-state index contributed by atoms with van der Waals surface area (Å²) in [4.78, 5) is 24.0. The molecule has 6 heteroatoms. The van der Waals surface area contributed by atoms with Crippen LogP contribution in [0.25, 0.3) is 11.3 Å². The zero-order valence-electron chi connectivity index (χ0n) is 12.2. The zero-order valence-corrected chi connectivity index (χ0v) is 12.2. The Bertz CT molecular complexity index is 910. The molecule has 0 saturated carbocycles. The predicted molar refractivity (Wildman–Crippen MR) is 83.7 cm³/mol. The predicted octanol–water partition coefficient (Wildman–Crippen LogP) is 3.04. The number of rotatable bonds is 3. The third-order valence-electron chi connectivity index (χ3n) is 3.33. The molecule has 3 aromatic rings. The van der Waals surface area contributed by atoms with Gasteiger partial charge in [-0.1, -0.05) is 0 Å². The number of nitrogens with one attached hydrogen (secondary N) is 1. The van der Waals surface area contributed by atoms with Crippen LogP contribution in [0.1, 0.15) is 10.6 Å². The van der Waals surface area contributed by atoms with Crippen molar-refractivity contribution in [3.8, 4) is 11.3 Å². The summed E-state index contributed by atoms with van der Waals surface area (Å²) in [6, 6.07) is 12.0. The van der Waals surface area contributed by atoms with Gasteiger partial charge >= 0.3 is 0 Å². The lowest BCUT2D eigenvalue weighted by atomic mass is 10.2. The highest BCUT2D eigenvalue weighted by molar-refractivity contribution is 6.02. The van der Waals surface area contributed by atoms with Crippen LogP contribution in [0, 0.1) is 5.82 Å². The van der Waals surface area contributed by atoms with Crippen molar-refractivity contribution in [3.63, 3.8) is 0 Å². The minimum absolute atomic E-state index is 0.0650. The van der Waals surface area contributed by atoms with Crippen LogP contribution in [-0.4, -0.2) is 10.5 Å². The summed E-state index contributed by atoms with van der Waals surface area (Å²) in [6.45, 7) is 0. The molecule has 0 aliphatic rings. The summed E-state index contributed by atoms with van der Waals surface area (Å²) < 4.78 is 19.8. The summed E-state index contributed by atoms with van der Waals surface area (Å²) in [5.41, 5.74) is 0.506. The molecule has 0 bridgehead atoms. The molecule has 0 atom stereocenters. The van der Waals surface area contributed by atoms with E-state index in [1.165, 1.54) is 28.8 Å². The van der Waals surface area contributed by atoms with E-state index >= 15 is 0 Å². The average Bonchev–Trinajstić information content (AvgIpc) is 3.02. The van der Waals surface area contributed by atoms with Gasteiger partial charge in [0, 0.05) is 18.8 Å². The van der Waals surface area contributed by atoms with Gasteiger partial charge in [-0.3, -0.25) is 9.59 Å². The molecule has 2 aromatic heterocycles. The van der Waals surface area contributed by atoms with Gasteiger partial charge in [-0.25, -0.2) is 4.39 Å². The van der Waals surface area contributed by atoms with E-state index in [2.05, 4.69) is 5.32 Å². The van der Waals surface area contributed by atoms with Crippen LogP contribution in [0.4, 0.5) is 10.1 Å².